The molecule has 2 aliphatic heterocycles. The molecule has 1 unspecified atom stereocenters. The summed E-state index contributed by atoms with van der Waals surface area (Å²) in [5.41, 5.74) is 0. The van der Waals surface area contributed by atoms with Crippen molar-refractivity contribution in [2.24, 2.45) is 5.92 Å². The maximum atomic E-state index is 11.8. The zero-order chi connectivity index (χ0) is 13.8. The van der Waals surface area contributed by atoms with Gasteiger partial charge in [0.05, 0.1) is 0 Å². The fourth-order valence-corrected chi connectivity index (χ4v) is 2.63. The van der Waals surface area contributed by atoms with Crippen LogP contribution < -0.4 is 10.6 Å². The lowest BCUT2D eigenvalue weighted by Gasteiger charge is -2.31. The molecule has 2 heterocycles. The van der Waals surface area contributed by atoms with E-state index in [4.69, 9.17) is 0 Å². The number of hydrogen-bond donors (Lipinski definition) is 2. The van der Waals surface area contributed by atoms with Gasteiger partial charge in [0.1, 0.15) is 6.04 Å². The van der Waals surface area contributed by atoms with E-state index in [1.165, 1.54) is 0 Å². The molecule has 1 atom stereocenters. The van der Waals surface area contributed by atoms with Gasteiger partial charge in [-0.25, -0.2) is 0 Å². The molecule has 2 N–H and O–H groups in total. The van der Waals surface area contributed by atoms with Crippen LogP contribution in [0.15, 0.2) is 0 Å². The first-order valence-corrected chi connectivity index (χ1v) is 6.89. The number of carbonyl (C=O) groups excluding carboxylic acids is 3. The summed E-state index contributed by atoms with van der Waals surface area (Å²) < 4.78 is 0. The lowest BCUT2D eigenvalue weighted by atomic mass is 9.96. The summed E-state index contributed by atoms with van der Waals surface area (Å²) in [5, 5.41) is 5.56. The van der Waals surface area contributed by atoms with Gasteiger partial charge in [0, 0.05) is 33.0 Å². The summed E-state index contributed by atoms with van der Waals surface area (Å²) in [6.45, 7) is 3.77. The van der Waals surface area contributed by atoms with Crippen molar-refractivity contribution in [1.82, 2.24) is 15.5 Å². The second kappa shape index (κ2) is 6.04. The van der Waals surface area contributed by atoms with Crippen LogP contribution in [-0.4, -0.2) is 48.3 Å². The van der Waals surface area contributed by atoms with Crippen molar-refractivity contribution in [3.63, 3.8) is 0 Å². The molecule has 6 nitrogen and oxygen atoms in total. The average Bonchev–Trinajstić information content (AvgIpc) is 2.83. The summed E-state index contributed by atoms with van der Waals surface area (Å²) in [7, 11) is 0. The molecule has 0 bridgehead atoms. The Balaban J connectivity index is 1.68. The van der Waals surface area contributed by atoms with Crippen molar-refractivity contribution < 1.29 is 14.4 Å². The molecule has 0 aromatic heterocycles. The number of piperidine rings is 1. The monoisotopic (exact) mass is 267 g/mol. The van der Waals surface area contributed by atoms with Gasteiger partial charge < -0.3 is 15.5 Å². The summed E-state index contributed by atoms with van der Waals surface area (Å²) in [5.74, 6) is 0.419. The van der Waals surface area contributed by atoms with E-state index >= 15 is 0 Å². The van der Waals surface area contributed by atoms with Gasteiger partial charge in [0.2, 0.25) is 17.7 Å². The quantitative estimate of drug-likeness (QED) is 0.733. The first-order chi connectivity index (χ1) is 9.06. The Kier molecular flexibility index (Phi) is 4.39. The highest BCUT2D eigenvalue weighted by atomic mass is 16.2. The van der Waals surface area contributed by atoms with Crippen LogP contribution in [-0.2, 0) is 14.4 Å². The standard InChI is InChI=1S/C13H21N3O3/c1-9(17)16-6-4-10(5-7-16)8-14-13(19)11-2-3-12(18)15-11/h10-11H,2-8H2,1H3,(H,14,19)(H,15,18). The van der Waals surface area contributed by atoms with Crippen LogP contribution in [0.1, 0.15) is 32.6 Å². The van der Waals surface area contributed by atoms with Gasteiger partial charge in [0.25, 0.3) is 0 Å². The van der Waals surface area contributed by atoms with Crippen LogP contribution in [0.3, 0.4) is 0 Å². The van der Waals surface area contributed by atoms with Gasteiger partial charge >= 0.3 is 0 Å². The molecular weight excluding hydrogens is 246 g/mol. The van der Waals surface area contributed by atoms with Crippen molar-refractivity contribution in [3.05, 3.63) is 0 Å². The van der Waals surface area contributed by atoms with Gasteiger partial charge in [0.15, 0.2) is 0 Å². The van der Waals surface area contributed by atoms with E-state index in [-0.39, 0.29) is 23.8 Å². The SMILES string of the molecule is CC(=O)N1CCC(CNC(=O)C2CCC(=O)N2)CC1. The van der Waals surface area contributed by atoms with E-state index in [1.807, 2.05) is 4.90 Å². The van der Waals surface area contributed by atoms with E-state index in [2.05, 4.69) is 10.6 Å². The number of nitrogens with one attached hydrogen (secondary N) is 2. The third-order valence-electron chi connectivity index (χ3n) is 3.94. The zero-order valence-electron chi connectivity index (χ0n) is 11.3. The maximum absolute atomic E-state index is 11.8. The molecule has 0 spiro atoms. The predicted octanol–water partition coefficient (Wildman–Crippen LogP) is -0.360. The molecule has 106 valence electrons. The molecule has 0 aromatic carbocycles. The van der Waals surface area contributed by atoms with Crippen LogP contribution in [0.5, 0.6) is 0 Å². The average molecular weight is 267 g/mol. The molecule has 0 aliphatic carbocycles. The number of likely N-dealkylation sites (tertiary alicyclic amines) is 1. The Labute approximate surface area is 112 Å². The van der Waals surface area contributed by atoms with Gasteiger partial charge in [-0.3, -0.25) is 14.4 Å². The van der Waals surface area contributed by atoms with Crippen LogP contribution >= 0.6 is 0 Å². The normalized spacial score (nSPS) is 24.2. The van der Waals surface area contributed by atoms with Crippen molar-refractivity contribution >= 4 is 17.7 Å². The predicted molar refractivity (Wildman–Crippen MR) is 69.2 cm³/mol. The molecule has 6 heteroatoms. The Hall–Kier alpha value is -1.59. The van der Waals surface area contributed by atoms with Crippen molar-refractivity contribution in [3.8, 4) is 0 Å². The first-order valence-electron chi connectivity index (χ1n) is 6.89. The van der Waals surface area contributed by atoms with Crippen LogP contribution in [0.2, 0.25) is 0 Å². The highest BCUT2D eigenvalue weighted by Gasteiger charge is 2.28. The molecular formula is C13H21N3O3. The van der Waals surface area contributed by atoms with Gasteiger partial charge in [-0.1, -0.05) is 0 Å². The number of hydrogen-bond acceptors (Lipinski definition) is 3. The van der Waals surface area contributed by atoms with E-state index < -0.39 is 0 Å². The highest BCUT2D eigenvalue weighted by Crippen LogP contribution is 2.16. The minimum atomic E-state index is -0.357. The molecule has 3 amide bonds. The Morgan fingerprint density at radius 1 is 1.32 bits per heavy atom. The second-order valence-electron chi connectivity index (χ2n) is 5.35. The van der Waals surface area contributed by atoms with E-state index in [0.29, 0.717) is 25.3 Å². The minimum Gasteiger partial charge on any atom is -0.354 e. The molecule has 2 fully saturated rings. The van der Waals surface area contributed by atoms with Crippen LogP contribution in [0.25, 0.3) is 0 Å². The van der Waals surface area contributed by atoms with E-state index in [9.17, 15) is 14.4 Å². The Morgan fingerprint density at radius 3 is 2.53 bits per heavy atom. The third-order valence-corrected chi connectivity index (χ3v) is 3.94. The molecule has 0 radical (unpaired) electrons. The van der Waals surface area contributed by atoms with Crippen LogP contribution in [0.4, 0.5) is 0 Å². The summed E-state index contributed by atoms with van der Waals surface area (Å²) in [4.78, 5) is 35.9. The smallest absolute Gasteiger partial charge is 0.242 e. The van der Waals surface area contributed by atoms with Crippen molar-refractivity contribution in [2.75, 3.05) is 19.6 Å². The topological polar surface area (TPSA) is 78.5 Å². The minimum absolute atomic E-state index is 0.0464. The number of rotatable bonds is 3. The highest BCUT2D eigenvalue weighted by molar-refractivity contribution is 5.90. The van der Waals surface area contributed by atoms with E-state index in [0.717, 1.165) is 25.9 Å². The molecule has 19 heavy (non-hydrogen) atoms. The van der Waals surface area contributed by atoms with Gasteiger partial charge in [-0.05, 0) is 25.2 Å². The van der Waals surface area contributed by atoms with E-state index in [1.54, 1.807) is 6.92 Å². The first kappa shape index (κ1) is 13.8. The van der Waals surface area contributed by atoms with Gasteiger partial charge in [-0.2, -0.15) is 0 Å². The molecule has 2 rings (SSSR count). The lowest BCUT2D eigenvalue weighted by molar-refractivity contribution is -0.130. The van der Waals surface area contributed by atoms with Crippen molar-refractivity contribution in [2.45, 2.75) is 38.6 Å². The van der Waals surface area contributed by atoms with Crippen molar-refractivity contribution in [1.29, 1.82) is 0 Å². The zero-order valence-corrected chi connectivity index (χ0v) is 11.3. The maximum Gasteiger partial charge on any atom is 0.242 e. The number of nitrogens with zero attached hydrogens (tertiary/aromatic N) is 1. The summed E-state index contributed by atoms with van der Waals surface area (Å²) in [6, 6.07) is -0.357. The summed E-state index contributed by atoms with van der Waals surface area (Å²) in [6.07, 6.45) is 2.89. The van der Waals surface area contributed by atoms with Gasteiger partial charge in [-0.15, -0.1) is 0 Å². The second-order valence-corrected chi connectivity index (χ2v) is 5.35. The number of carbonyl (C=O) groups is 3. The molecule has 2 saturated heterocycles. The third kappa shape index (κ3) is 3.68. The molecule has 0 aromatic rings. The number of amides is 3. The Morgan fingerprint density at radius 2 is 2.00 bits per heavy atom. The largest absolute Gasteiger partial charge is 0.354 e. The fourth-order valence-electron chi connectivity index (χ4n) is 2.63. The molecule has 0 saturated carbocycles. The Bertz CT molecular complexity index is 375. The molecule has 2 aliphatic rings. The van der Waals surface area contributed by atoms with Crippen LogP contribution in [0, 0.1) is 5.92 Å². The lowest BCUT2D eigenvalue weighted by Crippen LogP contribution is -2.45. The fraction of sp³-hybridized carbons (Fsp3) is 0.769. The summed E-state index contributed by atoms with van der Waals surface area (Å²) >= 11 is 0.